The summed E-state index contributed by atoms with van der Waals surface area (Å²) in [5, 5.41) is 14.1. The summed E-state index contributed by atoms with van der Waals surface area (Å²) in [5.41, 5.74) is 0.342. The third kappa shape index (κ3) is 6.13. The first-order valence-electron chi connectivity index (χ1n) is 9.97. The predicted octanol–water partition coefficient (Wildman–Crippen LogP) is 3.68. The minimum Gasteiger partial charge on any atom is -0.435 e. The molecule has 1 aliphatic rings. The van der Waals surface area contributed by atoms with E-state index >= 15 is 0 Å². The number of rotatable bonds is 8. The Labute approximate surface area is 190 Å². The van der Waals surface area contributed by atoms with E-state index in [2.05, 4.69) is 26.9 Å². The zero-order chi connectivity index (χ0) is 24.4. The lowest BCUT2D eigenvalue weighted by Gasteiger charge is -2.24. The lowest BCUT2D eigenvalue weighted by Crippen LogP contribution is -2.47. The number of carbonyl (C=O) groups excluding carboxylic acids is 1. The molecule has 8 nitrogen and oxygen atoms in total. The van der Waals surface area contributed by atoms with Gasteiger partial charge >= 0.3 is 6.61 Å². The van der Waals surface area contributed by atoms with Crippen molar-refractivity contribution in [2.45, 2.75) is 32.4 Å². The number of hydrogen-bond acceptors (Lipinski definition) is 7. The number of allylic oxidation sites excluding steroid dienone is 1. The lowest BCUT2D eigenvalue weighted by molar-refractivity contribution is -0.0498. The second-order valence-electron chi connectivity index (χ2n) is 8.16. The first-order chi connectivity index (χ1) is 15.4. The van der Waals surface area contributed by atoms with Crippen LogP contribution in [0.2, 0.25) is 0 Å². The van der Waals surface area contributed by atoms with Gasteiger partial charge in [-0.2, -0.15) is 8.78 Å². The predicted molar refractivity (Wildman–Crippen MR) is 121 cm³/mol. The molecule has 3 N–H and O–H groups in total. The van der Waals surface area contributed by atoms with Crippen molar-refractivity contribution in [3.05, 3.63) is 59.8 Å². The Morgan fingerprint density at radius 2 is 2.06 bits per heavy atom. The van der Waals surface area contributed by atoms with Crippen LogP contribution in [0.4, 0.5) is 20.3 Å². The standard InChI is InChI=1S/C22H24F2N4O4S/c1-13(2)18(25)17-9-14(20(29)28-22(3)7-8-33(30,31)12-22)11-26-19(17)27-15-5-4-6-16(10-15)32-21(23)24/h4-6,9-11,21,25H,1,7-8,12H2,2-3H3,(H,26,27)(H,28,29)/t22-/m0/s1. The SMILES string of the molecule is C=C(C)C(=N)c1cc(C(=O)N[C@@]2(C)CCS(=O)(=O)C2)cnc1Nc1cccc(OC(F)F)c1. The fourth-order valence-corrected chi connectivity index (χ4v) is 5.54. The molecule has 176 valence electrons. The van der Waals surface area contributed by atoms with Crippen LogP contribution < -0.4 is 15.4 Å². The topological polar surface area (TPSA) is 121 Å². The molecule has 1 fully saturated rings. The second kappa shape index (κ2) is 9.26. The Kier molecular flexibility index (Phi) is 6.82. The van der Waals surface area contributed by atoms with Crippen LogP contribution in [-0.2, 0) is 9.84 Å². The van der Waals surface area contributed by atoms with Gasteiger partial charge in [-0.25, -0.2) is 13.4 Å². The van der Waals surface area contributed by atoms with Gasteiger partial charge in [-0.3, -0.25) is 10.2 Å². The molecular formula is C22H24F2N4O4S. The number of nitrogens with zero attached hydrogens (tertiary/aromatic N) is 1. The monoisotopic (exact) mass is 478 g/mol. The minimum atomic E-state index is -3.21. The van der Waals surface area contributed by atoms with Crippen LogP contribution in [0.15, 0.2) is 48.7 Å². The van der Waals surface area contributed by atoms with Crippen LogP contribution in [0.3, 0.4) is 0 Å². The third-order valence-electron chi connectivity index (χ3n) is 5.09. The highest BCUT2D eigenvalue weighted by atomic mass is 32.2. The average Bonchev–Trinajstić information content (AvgIpc) is 2.99. The molecule has 0 radical (unpaired) electrons. The van der Waals surface area contributed by atoms with Crippen molar-refractivity contribution < 1.29 is 26.7 Å². The van der Waals surface area contributed by atoms with Gasteiger partial charge in [-0.1, -0.05) is 12.6 Å². The summed E-state index contributed by atoms with van der Waals surface area (Å²) in [6.45, 7) is 4.08. The normalized spacial score (nSPS) is 19.2. The number of benzene rings is 1. The van der Waals surface area contributed by atoms with Crippen LogP contribution in [0, 0.1) is 5.41 Å². The van der Waals surface area contributed by atoms with Gasteiger partial charge in [0.15, 0.2) is 9.84 Å². The Bertz CT molecular complexity index is 1220. The fourth-order valence-electron chi connectivity index (χ4n) is 3.45. The summed E-state index contributed by atoms with van der Waals surface area (Å²) >= 11 is 0. The van der Waals surface area contributed by atoms with Crippen LogP contribution in [0.1, 0.15) is 36.2 Å². The van der Waals surface area contributed by atoms with Gasteiger partial charge in [0.2, 0.25) is 0 Å². The quantitative estimate of drug-likeness (QED) is 0.498. The van der Waals surface area contributed by atoms with Gasteiger partial charge in [-0.05, 0) is 44.0 Å². The summed E-state index contributed by atoms with van der Waals surface area (Å²) in [5.74, 6) is -0.503. The summed E-state index contributed by atoms with van der Waals surface area (Å²) in [4.78, 5) is 17.1. The number of alkyl halides is 2. The number of anilines is 2. The highest BCUT2D eigenvalue weighted by Crippen LogP contribution is 2.27. The first kappa shape index (κ1) is 24.3. The molecule has 0 saturated carbocycles. The number of aromatic nitrogens is 1. The van der Waals surface area contributed by atoms with E-state index in [0.29, 0.717) is 17.7 Å². The molecule has 0 bridgehead atoms. The van der Waals surface area contributed by atoms with E-state index in [-0.39, 0.29) is 39.9 Å². The Hall–Kier alpha value is -3.34. The van der Waals surface area contributed by atoms with E-state index in [1.54, 1.807) is 19.9 Å². The van der Waals surface area contributed by atoms with E-state index in [0.717, 1.165) is 0 Å². The smallest absolute Gasteiger partial charge is 0.387 e. The molecule has 0 unspecified atom stereocenters. The van der Waals surface area contributed by atoms with Crippen molar-refractivity contribution >= 4 is 33.0 Å². The molecule has 1 amide bonds. The maximum atomic E-state index is 12.8. The molecule has 1 aromatic heterocycles. The molecule has 1 aliphatic heterocycles. The maximum absolute atomic E-state index is 12.8. The lowest BCUT2D eigenvalue weighted by atomic mass is 10.00. The zero-order valence-electron chi connectivity index (χ0n) is 18.1. The molecule has 1 atom stereocenters. The van der Waals surface area contributed by atoms with Crippen LogP contribution in [-0.4, -0.2) is 48.7 Å². The summed E-state index contributed by atoms with van der Waals surface area (Å²) in [7, 11) is -3.21. The van der Waals surface area contributed by atoms with Gasteiger partial charge < -0.3 is 15.4 Å². The van der Waals surface area contributed by atoms with Gasteiger partial charge in [0.25, 0.3) is 5.91 Å². The highest BCUT2D eigenvalue weighted by molar-refractivity contribution is 7.91. The Morgan fingerprint density at radius 3 is 2.67 bits per heavy atom. The van der Waals surface area contributed by atoms with Crippen molar-refractivity contribution in [1.29, 1.82) is 5.41 Å². The first-order valence-corrected chi connectivity index (χ1v) is 11.8. The molecule has 1 saturated heterocycles. The summed E-state index contributed by atoms with van der Waals surface area (Å²) in [6.07, 6.45) is 1.60. The molecule has 0 aliphatic carbocycles. The largest absolute Gasteiger partial charge is 0.435 e. The third-order valence-corrected chi connectivity index (χ3v) is 6.99. The number of halogens is 2. The van der Waals surface area contributed by atoms with E-state index < -0.39 is 27.9 Å². The maximum Gasteiger partial charge on any atom is 0.387 e. The van der Waals surface area contributed by atoms with Crippen molar-refractivity contribution in [1.82, 2.24) is 10.3 Å². The molecule has 33 heavy (non-hydrogen) atoms. The molecule has 2 heterocycles. The van der Waals surface area contributed by atoms with Gasteiger partial charge in [0.05, 0.1) is 28.3 Å². The minimum absolute atomic E-state index is 0.00474. The van der Waals surface area contributed by atoms with Crippen molar-refractivity contribution in [3.8, 4) is 5.75 Å². The van der Waals surface area contributed by atoms with E-state index in [9.17, 15) is 22.0 Å². The Morgan fingerprint density at radius 1 is 1.33 bits per heavy atom. The fraction of sp³-hybridized carbons (Fsp3) is 0.318. The molecule has 2 aromatic rings. The van der Waals surface area contributed by atoms with Crippen molar-refractivity contribution in [3.63, 3.8) is 0 Å². The molecule has 0 spiro atoms. The van der Waals surface area contributed by atoms with Crippen LogP contribution in [0.5, 0.6) is 5.75 Å². The Balaban J connectivity index is 1.89. The van der Waals surface area contributed by atoms with Crippen LogP contribution >= 0.6 is 0 Å². The summed E-state index contributed by atoms with van der Waals surface area (Å²) in [6, 6.07) is 7.30. The van der Waals surface area contributed by atoms with Gasteiger partial charge in [0.1, 0.15) is 11.6 Å². The van der Waals surface area contributed by atoms with Crippen molar-refractivity contribution in [2.24, 2.45) is 0 Å². The number of nitrogens with one attached hydrogen (secondary N) is 3. The second-order valence-corrected chi connectivity index (χ2v) is 10.3. The van der Waals surface area contributed by atoms with E-state index in [1.165, 1.54) is 30.5 Å². The number of pyridine rings is 1. The van der Waals surface area contributed by atoms with Crippen molar-refractivity contribution in [2.75, 3.05) is 16.8 Å². The number of carbonyl (C=O) groups is 1. The summed E-state index contributed by atoms with van der Waals surface area (Å²) < 4.78 is 53.1. The number of amides is 1. The van der Waals surface area contributed by atoms with E-state index in [4.69, 9.17) is 5.41 Å². The molecule has 1 aromatic carbocycles. The molecular weight excluding hydrogens is 454 g/mol. The number of ether oxygens (including phenoxy) is 1. The number of sulfone groups is 1. The van der Waals surface area contributed by atoms with Gasteiger partial charge in [0, 0.05) is 23.5 Å². The molecule has 11 heteroatoms. The zero-order valence-corrected chi connectivity index (χ0v) is 18.9. The highest BCUT2D eigenvalue weighted by Gasteiger charge is 2.39. The molecule has 3 rings (SSSR count). The number of hydrogen-bond donors (Lipinski definition) is 3. The van der Waals surface area contributed by atoms with Crippen LogP contribution in [0.25, 0.3) is 0 Å². The van der Waals surface area contributed by atoms with E-state index in [1.807, 2.05) is 0 Å². The van der Waals surface area contributed by atoms with Gasteiger partial charge in [-0.15, -0.1) is 0 Å². The average molecular weight is 479 g/mol.